The first-order chi connectivity index (χ1) is 6.76. The van der Waals surface area contributed by atoms with E-state index in [1.54, 1.807) is 0 Å². The summed E-state index contributed by atoms with van der Waals surface area (Å²) >= 11 is 0. The van der Waals surface area contributed by atoms with Gasteiger partial charge in [0.1, 0.15) is 0 Å². The lowest BCUT2D eigenvalue weighted by Gasteiger charge is -1.97. The minimum atomic E-state index is -0.0953. The molecule has 0 aliphatic carbocycles. The van der Waals surface area contributed by atoms with Gasteiger partial charge in [0.05, 0.1) is 0 Å². The lowest BCUT2D eigenvalue weighted by molar-refractivity contribution is -0.116. The van der Waals surface area contributed by atoms with Crippen molar-refractivity contribution in [3.63, 3.8) is 0 Å². The van der Waals surface area contributed by atoms with Crippen molar-refractivity contribution in [1.29, 1.82) is 0 Å². The Morgan fingerprint density at radius 3 is 3.14 bits per heavy atom. The summed E-state index contributed by atoms with van der Waals surface area (Å²) in [6.45, 7) is 2.45. The molecule has 0 saturated carbocycles. The lowest BCUT2D eigenvalue weighted by atomic mass is 10.2. The molecule has 78 valence electrons. The predicted octanol–water partition coefficient (Wildman–Crippen LogP) is 0.649. The number of nitrogens with two attached hydrogens (primary N) is 1. The molecule has 14 heavy (non-hydrogen) atoms. The van der Waals surface area contributed by atoms with Gasteiger partial charge in [-0.3, -0.25) is 9.89 Å². The number of carbonyl (C=O) groups excluding carboxylic acids is 1. The van der Waals surface area contributed by atoms with Gasteiger partial charge in [-0.15, -0.1) is 0 Å². The topological polar surface area (TPSA) is 83.8 Å². The molecule has 0 aliphatic heterocycles. The molecule has 0 fully saturated rings. The Balaban J connectivity index is 2.46. The van der Waals surface area contributed by atoms with E-state index in [-0.39, 0.29) is 5.91 Å². The minimum absolute atomic E-state index is 0.0953. The van der Waals surface area contributed by atoms with Crippen molar-refractivity contribution in [3.05, 3.63) is 11.8 Å². The molecule has 0 aromatic carbocycles. The molecular formula is C9H16N4O. The molecular weight excluding hydrogens is 180 g/mol. The fraction of sp³-hybridized carbons (Fsp3) is 0.556. The fourth-order valence-corrected chi connectivity index (χ4v) is 1.16. The van der Waals surface area contributed by atoms with Crippen LogP contribution in [0.5, 0.6) is 0 Å². The summed E-state index contributed by atoms with van der Waals surface area (Å²) < 4.78 is 0. The van der Waals surface area contributed by atoms with E-state index in [4.69, 9.17) is 5.73 Å². The summed E-state index contributed by atoms with van der Waals surface area (Å²) in [6, 6.07) is 1.85. The molecule has 0 aliphatic rings. The van der Waals surface area contributed by atoms with Crippen LogP contribution in [0.15, 0.2) is 6.07 Å². The zero-order valence-electron chi connectivity index (χ0n) is 8.34. The van der Waals surface area contributed by atoms with Crippen LogP contribution >= 0.6 is 0 Å². The molecule has 0 atom stereocenters. The summed E-state index contributed by atoms with van der Waals surface area (Å²) in [6.07, 6.45) is 2.33. The third-order valence-electron chi connectivity index (χ3n) is 1.79. The van der Waals surface area contributed by atoms with Crippen molar-refractivity contribution in [2.75, 3.05) is 11.9 Å². The molecule has 1 rings (SSSR count). The number of hydrogen-bond acceptors (Lipinski definition) is 3. The smallest absolute Gasteiger partial charge is 0.226 e. The highest BCUT2D eigenvalue weighted by molar-refractivity contribution is 5.89. The van der Waals surface area contributed by atoms with Gasteiger partial charge >= 0.3 is 0 Å². The van der Waals surface area contributed by atoms with Crippen LogP contribution in [0.2, 0.25) is 0 Å². The minimum Gasteiger partial charge on any atom is -0.330 e. The second-order valence-electron chi connectivity index (χ2n) is 3.12. The number of nitrogens with one attached hydrogen (secondary N) is 2. The maximum Gasteiger partial charge on any atom is 0.226 e. The highest BCUT2D eigenvalue weighted by Gasteiger charge is 2.04. The Labute approximate surface area is 83.1 Å². The highest BCUT2D eigenvalue weighted by Crippen LogP contribution is 2.07. The molecule has 1 aromatic heterocycles. The number of aromatic nitrogens is 2. The van der Waals surface area contributed by atoms with Gasteiger partial charge in [-0.05, 0) is 6.42 Å². The molecule has 1 amide bonds. The third kappa shape index (κ3) is 3.18. The van der Waals surface area contributed by atoms with Crippen molar-refractivity contribution in [2.24, 2.45) is 5.73 Å². The van der Waals surface area contributed by atoms with E-state index in [1.807, 2.05) is 6.07 Å². The first-order valence-electron chi connectivity index (χ1n) is 4.80. The number of hydrogen-bond donors (Lipinski definition) is 3. The van der Waals surface area contributed by atoms with Gasteiger partial charge in [-0.1, -0.05) is 13.3 Å². The van der Waals surface area contributed by atoms with E-state index in [0.29, 0.717) is 18.8 Å². The molecule has 5 heteroatoms. The van der Waals surface area contributed by atoms with E-state index in [9.17, 15) is 4.79 Å². The molecule has 0 unspecified atom stereocenters. The predicted molar refractivity (Wildman–Crippen MR) is 54.9 cm³/mol. The van der Waals surface area contributed by atoms with E-state index in [0.717, 1.165) is 18.5 Å². The van der Waals surface area contributed by atoms with Crippen LogP contribution < -0.4 is 11.1 Å². The standard InChI is InChI=1S/C9H16N4O/c1-2-3-7-6-8(13-12-7)11-9(14)4-5-10/h6H,2-5,10H2,1H3,(H2,11,12,13,14). The Hall–Kier alpha value is -1.36. The molecule has 0 saturated heterocycles. The number of nitrogens with zero attached hydrogens (tertiary/aromatic N) is 1. The molecule has 1 aromatic rings. The van der Waals surface area contributed by atoms with Crippen molar-refractivity contribution >= 4 is 11.7 Å². The van der Waals surface area contributed by atoms with Crippen LogP contribution in [0.3, 0.4) is 0 Å². The number of H-pyrrole nitrogens is 1. The first kappa shape index (κ1) is 10.7. The normalized spacial score (nSPS) is 10.1. The van der Waals surface area contributed by atoms with Gasteiger partial charge in [0, 0.05) is 24.7 Å². The SMILES string of the molecule is CCCc1cc(NC(=O)CCN)n[nH]1. The summed E-state index contributed by atoms with van der Waals surface area (Å²) in [5.41, 5.74) is 6.28. The number of anilines is 1. The second kappa shape index (κ2) is 5.39. The molecule has 4 N–H and O–H groups in total. The van der Waals surface area contributed by atoms with Crippen LogP contribution in [0, 0.1) is 0 Å². The zero-order chi connectivity index (χ0) is 10.4. The first-order valence-corrected chi connectivity index (χ1v) is 4.80. The van der Waals surface area contributed by atoms with Crippen LogP contribution in [0.4, 0.5) is 5.82 Å². The largest absolute Gasteiger partial charge is 0.330 e. The third-order valence-corrected chi connectivity index (χ3v) is 1.79. The van der Waals surface area contributed by atoms with Gasteiger partial charge in [-0.25, -0.2) is 0 Å². The van der Waals surface area contributed by atoms with E-state index in [2.05, 4.69) is 22.4 Å². The molecule has 0 bridgehead atoms. The van der Waals surface area contributed by atoms with Crippen LogP contribution in [-0.2, 0) is 11.2 Å². The van der Waals surface area contributed by atoms with Gasteiger partial charge in [-0.2, -0.15) is 5.10 Å². The highest BCUT2D eigenvalue weighted by atomic mass is 16.1. The Morgan fingerprint density at radius 2 is 2.50 bits per heavy atom. The van der Waals surface area contributed by atoms with Crippen LogP contribution in [0.1, 0.15) is 25.5 Å². The molecule has 0 radical (unpaired) electrons. The van der Waals surface area contributed by atoms with E-state index < -0.39 is 0 Å². The number of rotatable bonds is 5. The number of amides is 1. The Morgan fingerprint density at radius 1 is 1.71 bits per heavy atom. The maximum absolute atomic E-state index is 11.1. The van der Waals surface area contributed by atoms with E-state index >= 15 is 0 Å². The lowest BCUT2D eigenvalue weighted by Crippen LogP contribution is -2.16. The van der Waals surface area contributed by atoms with E-state index in [1.165, 1.54) is 0 Å². The van der Waals surface area contributed by atoms with Crippen molar-refractivity contribution < 1.29 is 4.79 Å². The monoisotopic (exact) mass is 196 g/mol. The molecule has 0 spiro atoms. The van der Waals surface area contributed by atoms with Gasteiger partial charge in [0.25, 0.3) is 0 Å². The second-order valence-corrected chi connectivity index (χ2v) is 3.12. The number of aryl methyl sites for hydroxylation is 1. The van der Waals surface area contributed by atoms with Crippen molar-refractivity contribution in [2.45, 2.75) is 26.2 Å². The van der Waals surface area contributed by atoms with Crippen LogP contribution in [0.25, 0.3) is 0 Å². The molecule has 1 heterocycles. The Kier molecular flexibility index (Phi) is 4.12. The Bertz CT molecular complexity index is 295. The zero-order valence-corrected chi connectivity index (χ0v) is 8.34. The summed E-state index contributed by atoms with van der Waals surface area (Å²) in [4.78, 5) is 11.1. The number of aromatic amines is 1. The van der Waals surface area contributed by atoms with Gasteiger partial charge in [0.15, 0.2) is 5.82 Å². The quantitative estimate of drug-likeness (QED) is 0.646. The average Bonchev–Trinajstić information content (AvgIpc) is 2.53. The summed E-state index contributed by atoms with van der Waals surface area (Å²) in [5.74, 6) is 0.481. The van der Waals surface area contributed by atoms with Crippen molar-refractivity contribution in [1.82, 2.24) is 10.2 Å². The average molecular weight is 196 g/mol. The van der Waals surface area contributed by atoms with Crippen LogP contribution in [-0.4, -0.2) is 22.6 Å². The molecule has 5 nitrogen and oxygen atoms in total. The maximum atomic E-state index is 11.1. The van der Waals surface area contributed by atoms with Gasteiger partial charge < -0.3 is 11.1 Å². The van der Waals surface area contributed by atoms with Gasteiger partial charge in [0.2, 0.25) is 5.91 Å². The fourth-order valence-electron chi connectivity index (χ4n) is 1.16. The summed E-state index contributed by atoms with van der Waals surface area (Å²) in [5, 5.41) is 9.48. The summed E-state index contributed by atoms with van der Waals surface area (Å²) in [7, 11) is 0. The number of carbonyl (C=O) groups is 1. The van der Waals surface area contributed by atoms with Crippen molar-refractivity contribution in [3.8, 4) is 0 Å².